The Bertz CT molecular complexity index is 487. The third kappa shape index (κ3) is 3.98. The first-order valence-corrected chi connectivity index (χ1v) is 4.98. The maximum atomic E-state index is 10.4. The normalized spacial score (nSPS) is 11.8. The van der Waals surface area contributed by atoms with E-state index in [2.05, 4.69) is 16.8 Å². The Balaban J connectivity index is 2.76. The van der Waals surface area contributed by atoms with Gasteiger partial charge in [-0.15, -0.1) is 0 Å². The van der Waals surface area contributed by atoms with E-state index < -0.39 is 4.92 Å². The van der Waals surface area contributed by atoms with Crippen molar-refractivity contribution in [1.29, 1.82) is 0 Å². The molecule has 5 heteroatoms. The zero-order valence-electron chi connectivity index (χ0n) is 9.75. The molecule has 1 aromatic carbocycles. The van der Waals surface area contributed by atoms with Gasteiger partial charge in [-0.05, 0) is 31.6 Å². The Hall–Kier alpha value is -2.30. The summed E-state index contributed by atoms with van der Waals surface area (Å²) in [6.07, 6.45) is 1.60. The molecule has 1 rings (SSSR count). The average Bonchev–Trinajstić information content (AvgIpc) is 2.29. The number of rotatable bonds is 4. The number of allylic oxidation sites excluding steroid dienone is 2. The molecule has 0 radical (unpaired) electrons. The lowest BCUT2D eigenvalue weighted by Gasteiger charge is -1.94. The van der Waals surface area contributed by atoms with Crippen LogP contribution in [-0.2, 0) is 0 Å². The Morgan fingerprint density at radius 1 is 1.35 bits per heavy atom. The fraction of sp³-hybridized carbons (Fsp3) is 0.167. The minimum absolute atomic E-state index is 0.0395. The van der Waals surface area contributed by atoms with Crippen molar-refractivity contribution in [2.45, 2.75) is 13.8 Å². The van der Waals surface area contributed by atoms with Gasteiger partial charge in [-0.1, -0.05) is 12.2 Å². The first-order chi connectivity index (χ1) is 8.00. The molecular weight excluding hydrogens is 218 g/mol. The van der Waals surface area contributed by atoms with Gasteiger partial charge in [-0.25, -0.2) is 0 Å². The molecule has 1 aromatic rings. The summed E-state index contributed by atoms with van der Waals surface area (Å²) in [7, 11) is 0. The number of hydrogen-bond donors (Lipinski definition) is 0. The maximum absolute atomic E-state index is 10.4. The SMILES string of the molecule is C=C(C)C(C)=CN=Nc1ccc([N+](=O)[O-])cc1. The van der Waals surface area contributed by atoms with Gasteiger partial charge in [0.25, 0.3) is 5.69 Å². The molecule has 5 nitrogen and oxygen atoms in total. The summed E-state index contributed by atoms with van der Waals surface area (Å²) in [4.78, 5) is 9.97. The second-order valence-corrected chi connectivity index (χ2v) is 3.58. The van der Waals surface area contributed by atoms with Gasteiger partial charge in [-0.3, -0.25) is 10.1 Å². The van der Waals surface area contributed by atoms with Crippen molar-refractivity contribution in [3.8, 4) is 0 Å². The van der Waals surface area contributed by atoms with Crippen LogP contribution in [0.3, 0.4) is 0 Å². The highest BCUT2D eigenvalue weighted by Gasteiger charge is 2.02. The van der Waals surface area contributed by atoms with Crippen LogP contribution in [0.5, 0.6) is 0 Å². The lowest BCUT2D eigenvalue weighted by Crippen LogP contribution is -1.85. The quantitative estimate of drug-likeness (QED) is 0.338. The Kier molecular flexibility index (Phi) is 4.28. The minimum Gasteiger partial charge on any atom is -0.258 e. The van der Waals surface area contributed by atoms with Crippen molar-refractivity contribution in [2.75, 3.05) is 0 Å². The molecule has 0 atom stereocenters. The lowest BCUT2D eigenvalue weighted by molar-refractivity contribution is -0.384. The van der Waals surface area contributed by atoms with Gasteiger partial charge in [0.15, 0.2) is 0 Å². The molecule has 0 amide bonds. The van der Waals surface area contributed by atoms with Crippen LogP contribution in [0, 0.1) is 10.1 Å². The van der Waals surface area contributed by atoms with E-state index in [4.69, 9.17) is 0 Å². The van der Waals surface area contributed by atoms with E-state index in [0.717, 1.165) is 11.1 Å². The highest BCUT2D eigenvalue weighted by Crippen LogP contribution is 2.18. The predicted octanol–water partition coefficient (Wildman–Crippen LogP) is 4.16. The second-order valence-electron chi connectivity index (χ2n) is 3.58. The molecule has 0 heterocycles. The second kappa shape index (κ2) is 5.69. The summed E-state index contributed by atoms with van der Waals surface area (Å²) in [5.74, 6) is 0. The van der Waals surface area contributed by atoms with E-state index in [0.29, 0.717) is 5.69 Å². The summed E-state index contributed by atoms with van der Waals surface area (Å²) in [6.45, 7) is 7.54. The molecule has 17 heavy (non-hydrogen) atoms. The van der Waals surface area contributed by atoms with Crippen LogP contribution in [-0.4, -0.2) is 4.92 Å². The van der Waals surface area contributed by atoms with Crippen molar-refractivity contribution in [3.63, 3.8) is 0 Å². The smallest absolute Gasteiger partial charge is 0.258 e. The third-order valence-electron chi connectivity index (χ3n) is 2.16. The molecule has 0 aromatic heterocycles. The summed E-state index contributed by atoms with van der Waals surface area (Å²) >= 11 is 0. The Labute approximate surface area is 99.3 Å². The molecule has 0 bridgehead atoms. The van der Waals surface area contributed by atoms with Crippen LogP contribution in [0.25, 0.3) is 0 Å². The largest absolute Gasteiger partial charge is 0.269 e. The number of nitrogens with zero attached hydrogens (tertiary/aromatic N) is 3. The molecule has 0 unspecified atom stereocenters. The van der Waals surface area contributed by atoms with E-state index in [9.17, 15) is 10.1 Å². The fourth-order valence-corrected chi connectivity index (χ4v) is 0.933. The predicted molar refractivity (Wildman–Crippen MR) is 66.2 cm³/mol. The first-order valence-electron chi connectivity index (χ1n) is 4.98. The Morgan fingerprint density at radius 3 is 2.41 bits per heavy atom. The first kappa shape index (κ1) is 12.8. The standard InChI is InChI=1S/C12H13N3O2/c1-9(2)10(3)8-13-14-11-4-6-12(7-5-11)15(16)17/h4-8H,1H2,2-3H3. The van der Waals surface area contributed by atoms with Crippen LogP contribution in [0.2, 0.25) is 0 Å². The van der Waals surface area contributed by atoms with Crippen LogP contribution in [0.1, 0.15) is 13.8 Å². The summed E-state index contributed by atoms with van der Waals surface area (Å²) in [6, 6.07) is 5.88. The van der Waals surface area contributed by atoms with Crippen molar-refractivity contribution in [1.82, 2.24) is 0 Å². The van der Waals surface area contributed by atoms with Gasteiger partial charge in [0.05, 0.1) is 16.8 Å². The molecule has 88 valence electrons. The third-order valence-corrected chi connectivity index (χ3v) is 2.16. The van der Waals surface area contributed by atoms with Crippen molar-refractivity contribution >= 4 is 11.4 Å². The molecule has 0 aliphatic carbocycles. The molecule has 0 spiro atoms. The topological polar surface area (TPSA) is 67.9 Å². The minimum atomic E-state index is -0.452. The number of azo groups is 1. The van der Waals surface area contributed by atoms with Gasteiger partial charge in [0.1, 0.15) is 0 Å². The van der Waals surface area contributed by atoms with Crippen LogP contribution in [0.15, 0.2) is 58.4 Å². The number of benzene rings is 1. The molecular formula is C12H13N3O2. The van der Waals surface area contributed by atoms with Crippen molar-refractivity contribution in [2.24, 2.45) is 10.2 Å². The summed E-state index contributed by atoms with van der Waals surface area (Å²) in [5, 5.41) is 18.2. The van der Waals surface area contributed by atoms with E-state index in [1.807, 2.05) is 13.8 Å². The van der Waals surface area contributed by atoms with Gasteiger partial charge in [-0.2, -0.15) is 10.2 Å². The number of nitro benzene ring substituents is 1. The average molecular weight is 231 g/mol. The fourth-order valence-electron chi connectivity index (χ4n) is 0.933. The molecule has 0 fully saturated rings. The molecule has 0 aliphatic rings. The number of hydrogen-bond acceptors (Lipinski definition) is 4. The van der Waals surface area contributed by atoms with E-state index in [1.54, 1.807) is 18.3 Å². The van der Waals surface area contributed by atoms with E-state index in [1.165, 1.54) is 12.1 Å². The van der Waals surface area contributed by atoms with Crippen LogP contribution >= 0.6 is 0 Å². The van der Waals surface area contributed by atoms with Crippen LogP contribution < -0.4 is 0 Å². The van der Waals surface area contributed by atoms with E-state index in [-0.39, 0.29) is 5.69 Å². The lowest BCUT2D eigenvalue weighted by atomic mass is 10.2. The van der Waals surface area contributed by atoms with Gasteiger partial charge < -0.3 is 0 Å². The van der Waals surface area contributed by atoms with Crippen molar-refractivity contribution < 1.29 is 4.92 Å². The summed E-state index contributed by atoms with van der Waals surface area (Å²) in [5.41, 5.74) is 2.47. The van der Waals surface area contributed by atoms with Crippen molar-refractivity contribution in [3.05, 3.63) is 58.3 Å². The van der Waals surface area contributed by atoms with Gasteiger partial charge in [0.2, 0.25) is 0 Å². The molecule has 0 saturated heterocycles. The highest BCUT2D eigenvalue weighted by molar-refractivity contribution is 5.43. The molecule has 0 N–H and O–H groups in total. The Morgan fingerprint density at radius 2 is 1.94 bits per heavy atom. The highest BCUT2D eigenvalue weighted by atomic mass is 16.6. The van der Waals surface area contributed by atoms with E-state index >= 15 is 0 Å². The van der Waals surface area contributed by atoms with Gasteiger partial charge >= 0.3 is 0 Å². The van der Waals surface area contributed by atoms with Crippen LogP contribution in [0.4, 0.5) is 11.4 Å². The zero-order valence-corrected chi connectivity index (χ0v) is 9.75. The maximum Gasteiger partial charge on any atom is 0.269 e. The number of nitro groups is 1. The summed E-state index contributed by atoms with van der Waals surface area (Å²) < 4.78 is 0. The number of non-ortho nitro benzene ring substituents is 1. The zero-order chi connectivity index (χ0) is 12.8. The molecule has 0 aliphatic heterocycles. The molecule has 0 saturated carbocycles. The van der Waals surface area contributed by atoms with Gasteiger partial charge in [0, 0.05) is 12.1 Å². The monoisotopic (exact) mass is 231 g/mol.